The summed E-state index contributed by atoms with van der Waals surface area (Å²) >= 11 is 1.70. The largest absolute Gasteiger partial charge is 0.388 e. The van der Waals surface area contributed by atoms with Crippen LogP contribution in [0.3, 0.4) is 0 Å². The third-order valence-electron chi connectivity index (χ3n) is 3.33. The summed E-state index contributed by atoms with van der Waals surface area (Å²) in [6, 6.07) is 3.98. The Morgan fingerprint density at radius 1 is 1.61 bits per heavy atom. The smallest absolute Gasteiger partial charge is 0.315 e. The predicted octanol–water partition coefficient (Wildman–Crippen LogP) is 1.89. The van der Waals surface area contributed by atoms with Crippen LogP contribution < -0.4 is 10.6 Å². The van der Waals surface area contributed by atoms with Crippen molar-refractivity contribution in [1.29, 1.82) is 0 Å². The number of hydrogen-bond acceptors (Lipinski definition) is 3. The van der Waals surface area contributed by atoms with E-state index in [1.807, 2.05) is 18.4 Å². The number of hydrogen-bond donors (Lipinski definition) is 3. The van der Waals surface area contributed by atoms with Crippen LogP contribution in [0.25, 0.3) is 0 Å². The first-order valence-corrected chi connectivity index (χ1v) is 7.24. The van der Waals surface area contributed by atoms with E-state index in [1.165, 1.54) is 4.88 Å². The molecule has 1 fully saturated rings. The molecule has 1 unspecified atom stereocenters. The molecule has 1 aromatic rings. The highest BCUT2D eigenvalue weighted by Gasteiger charge is 2.34. The van der Waals surface area contributed by atoms with E-state index < -0.39 is 5.60 Å². The van der Waals surface area contributed by atoms with Crippen LogP contribution in [0.1, 0.15) is 31.1 Å². The molecular formula is C13H20N2O2S. The molecule has 18 heavy (non-hydrogen) atoms. The van der Waals surface area contributed by atoms with Crippen LogP contribution in [-0.2, 0) is 6.42 Å². The van der Waals surface area contributed by atoms with Gasteiger partial charge in [0.05, 0.1) is 5.60 Å². The molecule has 100 valence electrons. The lowest BCUT2D eigenvalue weighted by Crippen LogP contribution is -2.51. The van der Waals surface area contributed by atoms with Gasteiger partial charge in [-0.25, -0.2) is 4.79 Å². The van der Waals surface area contributed by atoms with E-state index in [4.69, 9.17) is 0 Å². The van der Waals surface area contributed by atoms with Gasteiger partial charge in [0.25, 0.3) is 0 Å². The standard InChI is InChI=1S/C13H20N2O2S/c1-10(8-11-4-2-7-18-11)15-12(16)14-9-13(17)5-3-6-13/h2,4,7,10,17H,3,5-6,8-9H2,1H3,(H2,14,15,16). The molecule has 1 aromatic heterocycles. The number of carbonyl (C=O) groups is 1. The van der Waals surface area contributed by atoms with Gasteiger partial charge < -0.3 is 15.7 Å². The number of rotatable bonds is 5. The van der Waals surface area contributed by atoms with Gasteiger partial charge in [0.2, 0.25) is 0 Å². The second-order valence-electron chi connectivity index (χ2n) is 5.09. The molecule has 0 spiro atoms. The third kappa shape index (κ3) is 3.71. The van der Waals surface area contributed by atoms with E-state index in [0.29, 0.717) is 6.54 Å². The summed E-state index contributed by atoms with van der Waals surface area (Å²) in [5.74, 6) is 0. The quantitative estimate of drug-likeness (QED) is 0.763. The molecule has 1 aliphatic carbocycles. The van der Waals surface area contributed by atoms with Crippen molar-refractivity contribution in [3.8, 4) is 0 Å². The summed E-state index contributed by atoms with van der Waals surface area (Å²) in [7, 11) is 0. The Bertz CT molecular complexity index is 388. The molecule has 1 saturated carbocycles. The van der Waals surface area contributed by atoms with Crippen molar-refractivity contribution < 1.29 is 9.90 Å². The first-order valence-electron chi connectivity index (χ1n) is 6.36. The molecule has 1 atom stereocenters. The Kier molecular flexibility index (Phi) is 4.24. The van der Waals surface area contributed by atoms with Crippen LogP contribution in [-0.4, -0.2) is 29.3 Å². The zero-order valence-electron chi connectivity index (χ0n) is 10.6. The van der Waals surface area contributed by atoms with Crippen LogP contribution in [0.2, 0.25) is 0 Å². The molecule has 0 saturated heterocycles. The molecule has 5 heteroatoms. The molecule has 0 aromatic carbocycles. The fourth-order valence-corrected chi connectivity index (χ4v) is 2.90. The molecule has 4 nitrogen and oxygen atoms in total. The van der Waals surface area contributed by atoms with Gasteiger partial charge in [0.15, 0.2) is 0 Å². The molecule has 2 amide bonds. The van der Waals surface area contributed by atoms with Crippen LogP contribution in [0.4, 0.5) is 4.79 Å². The summed E-state index contributed by atoms with van der Waals surface area (Å²) in [5, 5.41) is 17.5. The predicted molar refractivity (Wildman–Crippen MR) is 72.8 cm³/mol. The molecule has 0 radical (unpaired) electrons. The maximum Gasteiger partial charge on any atom is 0.315 e. The van der Waals surface area contributed by atoms with Gasteiger partial charge in [-0.1, -0.05) is 6.07 Å². The number of aliphatic hydroxyl groups is 1. The molecular weight excluding hydrogens is 248 g/mol. The van der Waals surface area contributed by atoms with Gasteiger partial charge >= 0.3 is 6.03 Å². The minimum absolute atomic E-state index is 0.0969. The van der Waals surface area contributed by atoms with E-state index in [2.05, 4.69) is 16.7 Å². The normalized spacial score (nSPS) is 18.8. The minimum atomic E-state index is -0.658. The maximum atomic E-state index is 11.6. The highest BCUT2D eigenvalue weighted by molar-refractivity contribution is 7.09. The number of urea groups is 1. The lowest BCUT2D eigenvalue weighted by molar-refractivity contribution is -0.0290. The topological polar surface area (TPSA) is 61.4 Å². The summed E-state index contributed by atoms with van der Waals surface area (Å²) in [6.07, 6.45) is 3.47. The lowest BCUT2D eigenvalue weighted by atomic mass is 9.80. The SMILES string of the molecule is CC(Cc1cccs1)NC(=O)NCC1(O)CCC1. The van der Waals surface area contributed by atoms with Crippen molar-refractivity contribution in [1.82, 2.24) is 10.6 Å². The molecule has 0 aliphatic heterocycles. The van der Waals surface area contributed by atoms with Crippen LogP contribution >= 0.6 is 11.3 Å². The first kappa shape index (κ1) is 13.4. The molecule has 3 N–H and O–H groups in total. The fourth-order valence-electron chi connectivity index (χ4n) is 2.06. The first-order chi connectivity index (χ1) is 8.57. The zero-order chi connectivity index (χ0) is 13.0. The second kappa shape index (κ2) is 5.71. The summed E-state index contributed by atoms with van der Waals surface area (Å²) in [4.78, 5) is 12.9. The van der Waals surface area contributed by atoms with E-state index in [1.54, 1.807) is 11.3 Å². The summed E-state index contributed by atoms with van der Waals surface area (Å²) in [6.45, 7) is 2.34. The fraction of sp³-hybridized carbons (Fsp3) is 0.615. The molecule has 0 bridgehead atoms. The summed E-state index contributed by atoms with van der Waals surface area (Å²) < 4.78 is 0. The Morgan fingerprint density at radius 2 is 2.39 bits per heavy atom. The highest BCUT2D eigenvalue weighted by atomic mass is 32.1. The third-order valence-corrected chi connectivity index (χ3v) is 4.23. The molecule has 1 heterocycles. The maximum absolute atomic E-state index is 11.6. The zero-order valence-corrected chi connectivity index (χ0v) is 11.4. The molecule has 2 rings (SSSR count). The van der Waals surface area contributed by atoms with E-state index >= 15 is 0 Å². The molecule has 1 aliphatic rings. The summed E-state index contributed by atoms with van der Waals surface area (Å²) in [5.41, 5.74) is -0.658. The Labute approximate surface area is 111 Å². The highest BCUT2D eigenvalue weighted by Crippen LogP contribution is 2.30. The van der Waals surface area contributed by atoms with Crippen molar-refractivity contribution in [3.63, 3.8) is 0 Å². The van der Waals surface area contributed by atoms with Gasteiger partial charge in [0, 0.05) is 23.9 Å². The van der Waals surface area contributed by atoms with Crippen LogP contribution in [0.5, 0.6) is 0 Å². The van der Waals surface area contributed by atoms with Gasteiger partial charge in [-0.3, -0.25) is 0 Å². The minimum Gasteiger partial charge on any atom is -0.388 e. The van der Waals surface area contributed by atoms with Gasteiger partial charge in [-0.2, -0.15) is 0 Å². The van der Waals surface area contributed by atoms with Gasteiger partial charge in [-0.15, -0.1) is 11.3 Å². The number of nitrogens with one attached hydrogen (secondary N) is 2. The van der Waals surface area contributed by atoms with Crippen molar-refractivity contribution in [2.75, 3.05) is 6.54 Å². The Hall–Kier alpha value is -1.07. The lowest BCUT2D eigenvalue weighted by Gasteiger charge is -2.36. The van der Waals surface area contributed by atoms with Crippen molar-refractivity contribution in [2.24, 2.45) is 0 Å². The van der Waals surface area contributed by atoms with E-state index in [0.717, 1.165) is 25.7 Å². The van der Waals surface area contributed by atoms with Gasteiger partial charge in [-0.05, 0) is 37.6 Å². The second-order valence-corrected chi connectivity index (χ2v) is 6.12. The van der Waals surface area contributed by atoms with Crippen molar-refractivity contribution in [2.45, 2.75) is 44.2 Å². The number of amides is 2. The average molecular weight is 268 g/mol. The van der Waals surface area contributed by atoms with Crippen molar-refractivity contribution in [3.05, 3.63) is 22.4 Å². The van der Waals surface area contributed by atoms with E-state index in [9.17, 15) is 9.90 Å². The van der Waals surface area contributed by atoms with Crippen LogP contribution in [0, 0.1) is 0 Å². The Morgan fingerprint density at radius 3 is 2.94 bits per heavy atom. The average Bonchev–Trinajstić information content (AvgIpc) is 2.76. The monoisotopic (exact) mass is 268 g/mol. The van der Waals surface area contributed by atoms with E-state index in [-0.39, 0.29) is 12.1 Å². The number of thiophene rings is 1. The number of carbonyl (C=O) groups excluding carboxylic acids is 1. The Balaban J connectivity index is 1.67. The van der Waals surface area contributed by atoms with Crippen molar-refractivity contribution >= 4 is 17.4 Å². The van der Waals surface area contributed by atoms with Gasteiger partial charge in [0.1, 0.15) is 0 Å². The van der Waals surface area contributed by atoms with Crippen LogP contribution in [0.15, 0.2) is 17.5 Å².